The highest BCUT2D eigenvalue weighted by Gasteiger charge is 2.41. The smallest absolute Gasteiger partial charge is 0.270 e. The van der Waals surface area contributed by atoms with E-state index in [4.69, 9.17) is 4.74 Å². The molecule has 10 heteroatoms. The van der Waals surface area contributed by atoms with E-state index in [9.17, 15) is 19.5 Å². The first-order valence-electron chi connectivity index (χ1n) is 11.6. The fourth-order valence-electron chi connectivity index (χ4n) is 4.77. The van der Waals surface area contributed by atoms with Gasteiger partial charge in [0.05, 0.1) is 24.4 Å². The Balaban J connectivity index is 1.36. The minimum absolute atomic E-state index is 0.0150. The number of rotatable bonds is 6. The zero-order chi connectivity index (χ0) is 22.9. The number of amides is 2. The van der Waals surface area contributed by atoms with Crippen LogP contribution in [0, 0.1) is 5.41 Å². The standard InChI is InChI=1S/C23H27N5O5/c1-23(6-7-23)12-27-17-8-14(4-5-18(29)26-10-16-9-15(26)11-33-16)25-28(17)22(32)19(21(27)31)20(30)24-13-2-3-13/h4-5,8,13,15-16,32H,2-3,6-7,9-12H2,1H3,(H,24,30)/b5-4+/t15-,16-/m1/s1. The first-order chi connectivity index (χ1) is 15.8. The van der Waals surface area contributed by atoms with Crippen LogP contribution in [0.25, 0.3) is 11.7 Å². The van der Waals surface area contributed by atoms with Crippen LogP contribution in [0.3, 0.4) is 0 Å². The first-order valence-corrected chi connectivity index (χ1v) is 11.6. The van der Waals surface area contributed by atoms with Crippen LogP contribution in [-0.2, 0) is 16.1 Å². The van der Waals surface area contributed by atoms with Crippen molar-refractivity contribution in [3.8, 4) is 5.88 Å². The number of morpholine rings is 1. The summed E-state index contributed by atoms with van der Waals surface area (Å²) in [5.41, 5.74) is -0.00594. The van der Waals surface area contributed by atoms with E-state index in [0.29, 0.717) is 31.0 Å². The van der Waals surface area contributed by atoms with Crippen molar-refractivity contribution in [1.29, 1.82) is 0 Å². The summed E-state index contributed by atoms with van der Waals surface area (Å²) in [5, 5.41) is 18.0. The van der Waals surface area contributed by atoms with Crippen molar-refractivity contribution in [2.45, 2.75) is 63.8 Å². The summed E-state index contributed by atoms with van der Waals surface area (Å²) in [7, 11) is 0. The Morgan fingerprint density at radius 3 is 2.79 bits per heavy atom. The van der Waals surface area contributed by atoms with Crippen LogP contribution in [0.1, 0.15) is 55.1 Å². The predicted octanol–water partition coefficient (Wildman–Crippen LogP) is 0.907. The van der Waals surface area contributed by atoms with Crippen LogP contribution in [-0.4, -0.2) is 67.3 Å². The van der Waals surface area contributed by atoms with Gasteiger partial charge in [-0.05, 0) is 43.6 Å². The van der Waals surface area contributed by atoms with Crippen molar-refractivity contribution in [3.05, 3.63) is 33.8 Å². The lowest BCUT2D eigenvalue weighted by Gasteiger charge is -2.25. The molecule has 2 amide bonds. The lowest BCUT2D eigenvalue weighted by Crippen LogP contribution is -2.40. The summed E-state index contributed by atoms with van der Waals surface area (Å²) in [6.45, 7) is 3.70. The van der Waals surface area contributed by atoms with Gasteiger partial charge in [0.1, 0.15) is 5.65 Å². The summed E-state index contributed by atoms with van der Waals surface area (Å²) < 4.78 is 8.30. The number of nitrogens with one attached hydrogen (secondary N) is 1. The van der Waals surface area contributed by atoms with Crippen molar-refractivity contribution in [2.24, 2.45) is 5.41 Å². The molecule has 4 aliphatic rings. The van der Waals surface area contributed by atoms with Gasteiger partial charge in [0.15, 0.2) is 5.56 Å². The summed E-state index contributed by atoms with van der Waals surface area (Å²) in [4.78, 5) is 40.5. The van der Waals surface area contributed by atoms with Gasteiger partial charge >= 0.3 is 0 Å². The van der Waals surface area contributed by atoms with Crippen LogP contribution < -0.4 is 10.9 Å². The van der Waals surface area contributed by atoms with E-state index >= 15 is 0 Å². The average molecular weight is 453 g/mol. The van der Waals surface area contributed by atoms with Crippen molar-refractivity contribution >= 4 is 23.5 Å². The number of carbonyl (C=O) groups excluding carboxylic acids is 2. The molecule has 0 unspecified atom stereocenters. The number of carbonyl (C=O) groups is 2. The minimum atomic E-state index is -0.578. The number of aromatic hydroxyl groups is 1. The molecule has 6 rings (SSSR count). The molecule has 2 saturated carbocycles. The van der Waals surface area contributed by atoms with E-state index in [1.165, 1.54) is 15.2 Å². The zero-order valence-electron chi connectivity index (χ0n) is 18.5. The van der Waals surface area contributed by atoms with E-state index < -0.39 is 17.3 Å². The predicted molar refractivity (Wildman–Crippen MR) is 118 cm³/mol. The number of hydrogen-bond donors (Lipinski definition) is 2. The van der Waals surface area contributed by atoms with E-state index in [1.807, 2.05) is 4.90 Å². The third-order valence-corrected chi connectivity index (χ3v) is 7.23. The average Bonchev–Trinajstić information content (AvgIpc) is 3.57. The molecule has 2 aromatic rings. The molecule has 33 heavy (non-hydrogen) atoms. The third kappa shape index (κ3) is 3.62. The van der Waals surface area contributed by atoms with Crippen LogP contribution >= 0.6 is 0 Å². The van der Waals surface area contributed by atoms with Crippen LogP contribution in [0.4, 0.5) is 0 Å². The van der Waals surface area contributed by atoms with Crippen LogP contribution in [0.15, 0.2) is 16.9 Å². The fourth-order valence-corrected chi connectivity index (χ4v) is 4.77. The molecule has 174 valence electrons. The molecular formula is C23H27N5O5. The molecule has 2 atom stereocenters. The quantitative estimate of drug-likeness (QED) is 0.628. The second-order valence-electron chi connectivity index (χ2n) is 10.2. The summed E-state index contributed by atoms with van der Waals surface area (Å²) in [6, 6.07) is 1.84. The van der Waals surface area contributed by atoms with Crippen molar-refractivity contribution in [1.82, 2.24) is 24.4 Å². The molecule has 0 radical (unpaired) electrons. The van der Waals surface area contributed by atoms with Gasteiger partial charge in [-0.15, -0.1) is 0 Å². The minimum Gasteiger partial charge on any atom is -0.492 e. The number of fused-ring (bicyclic) bond motifs is 3. The van der Waals surface area contributed by atoms with Gasteiger partial charge in [0.25, 0.3) is 11.5 Å². The van der Waals surface area contributed by atoms with Crippen LogP contribution in [0.5, 0.6) is 5.88 Å². The van der Waals surface area contributed by atoms with Gasteiger partial charge < -0.3 is 20.1 Å². The van der Waals surface area contributed by atoms with E-state index in [2.05, 4.69) is 17.3 Å². The second-order valence-corrected chi connectivity index (χ2v) is 10.2. The van der Waals surface area contributed by atoms with Crippen molar-refractivity contribution in [2.75, 3.05) is 13.2 Å². The van der Waals surface area contributed by atoms with Gasteiger partial charge in [-0.25, -0.2) is 0 Å². The molecule has 2 aliphatic carbocycles. The van der Waals surface area contributed by atoms with E-state index in [-0.39, 0.29) is 35.1 Å². The number of ether oxygens (including phenoxy) is 1. The highest BCUT2D eigenvalue weighted by molar-refractivity contribution is 5.96. The molecular weight excluding hydrogens is 426 g/mol. The SMILES string of the molecule is CC1(Cn2c(=O)c(C(=O)NC3CC3)c(O)n3nc(/C=C/C(=O)N4C[C@H]5C[C@@H]4CO5)cc23)CC1. The Bertz CT molecular complexity index is 1250. The Morgan fingerprint density at radius 1 is 1.36 bits per heavy atom. The highest BCUT2D eigenvalue weighted by atomic mass is 16.5. The van der Waals surface area contributed by atoms with E-state index in [0.717, 1.165) is 32.1 Å². The molecule has 2 N–H and O–H groups in total. The van der Waals surface area contributed by atoms with Crippen molar-refractivity contribution in [3.63, 3.8) is 0 Å². The molecule has 4 fully saturated rings. The monoisotopic (exact) mass is 453 g/mol. The maximum Gasteiger partial charge on any atom is 0.270 e. The molecule has 10 nitrogen and oxygen atoms in total. The topological polar surface area (TPSA) is 118 Å². The third-order valence-electron chi connectivity index (χ3n) is 7.23. The second kappa shape index (κ2) is 7.18. The molecule has 2 saturated heterocycles. The number of hydrogen-bond acceptors (Lipinski definition) is 6. The number of nitrogens with zero attached hydrogens (tertiary/aromatic N) is 4. The molecule has 4 heterocycles. The highest BCUT2D eigenvalue weighted by Crippen LogP contribution is 2.46. The maximum atomic E-state index is 13.3. The zero-order valence-corrected chi connectivity index (χ0v) is 18.5. The van der Waals surface area contributed by atoms with Gasteiger partial charge in [-0.1, -0.05) is 6.92 Å². The molecule has 2 bridgehead atoms. The van der Waals surface area contributed by atoms with Gasteiger partial charge in [-0.3, -0.25) is 19.0 Å². The number of aromatic nitrogens is 3. The molecule has 0 aromatic carbocycles. The Kier molecular flexibility index (Phi) is 4.45. The Morgan fingerprint density at radius 2 is 2.15 bits per heavy atom. The molecule has 2 aliphatic heterocycles. The van der Waals surface area contributed by atoms with Gasteiger partial charge in [0.2, 0.25) is 11.8 Å². The Hall–Kier alpha value is -3.14. The fraction of sp³-hybridized carbons (Fsp3) is 0.565. The molecule has 2 aromatic heterocycles. The van der Waals surface area contributed by atoms with Gasteiger partial charge in [0, 0.05) is 31.3 Å². The lowest BCUT2D eigenvalue weighted by molar-refractivity contribution is -0.130. The van der Waals surface area contributed by atoms with Crippen LogP contribution in [0.2, 0.25) is 0 Å². The van der Waals surface area contributed by atoms with E-state index in [1.54, 1.807) is 12.1 Å². The molecule has 0 spiro atoms. The summed E-state index contributed by atoms with van der Waals surface area (Å²) in [5.74, 6) is -1.17. The maximum absolute atomic E-state index is 13.3. The summed E-state index contributed by atoms with van der Waals surface area (Å²) >= 11 is 0. The van der Waals surface area contributed by atoms with Gasteiger partial charge in [-0.2, -0.15) is 9.61 Å². The number of likely N-dealkylation sites (tertiary alicyclic amines) is 1. The van der Waals surface area contributed by atoms with Crippen molar-refractivity contribution < 1.29 is 19.4 Å². The first kappa shape index (κ1) is 20.5. The summed E-state index contributed by atoms with van der Waals surface area (Å²) in [6.07, 6.45) is 7.77. The Labute approximate surface area is 189 Å². The normalized spacial score (nSPS) is 25.3. The lowest BCUT2D eigenvalue weighted by atomic mass is 10.1. The largest absolute Gasteiger partial charge is 0.492 e.